The molecule has 2 nitrogen and oxygen atoms in total. The van der Waals surface area contributed by atoms with Crippen LogP contribution in [0, 0.1) is 11.3 Å². The SMILES string of the molecule is COC1C(C(C)(C)C)=CC2=C(CC(C)C2=O)C1c1ccccc1. The normalized spacial score (nSPS) is 28.0. The van der Waals surface area contributed by atoms with E-state index >= 15 is 0 Å². The average Bonchev–Trinajstić information content (AvgIpc) is 2.80. The first-order chi connectivity index (χ1) is 10.8. The van der Waals surface area contributed by atoms with E-state index in [2.05, 4.69) is 51.1 Å². The number of hydrogen-bond donors (Lipinski definition) is 0. The van der Waals surface area contributed by atoms with Gasteiger partial charge in [0.25, 0.3) is 0 Å². The highest BCUT2D eigenvalue weighted by Crippen LogP contribution is 2.49. The van der Waals surface area contributed by atoms with Crippen LogP contribution in [0.3, 0.4) is 0 Å². The van der Waals surface area contributed by atoms with Gasteiger partial charge < -0.3 is 4.74 Å². The quantitative estimate of drug-likeness (QED) is 0.793. The summed E-state index contributed by atoms with van der Waals surface area (Å²) >= 11 is 0. The Morgan fingerprint density at radius 2 is 1.78 bits per heavy atom. The average molecular weight is 310 g/mol. The molecule has 0 fully saturated rings. The second-order valence-electron chi connectivity index (χ2n) is 7.80. The van der Waals surface area contributed by atoms with E-state index in [0.29, 0.717) is 0 Å². The summed E-state index contributed by atoms with van der Waals surface area (Å²) in [6.45, 7) is 8.62. The maximum Gasteiger partial charge on any atom is 0.165 e. The number of allylic oxidation sites excluding steroid dienone is 2. The van der Waals surface area contributed by atoms with E-state index < -0.39 is 0 Å². The van der Waals surface area contributed by atoms with E-state index in [1.807, 2.05) is 13.0 Å². The number of methoxy groups -OCH3 is 1. The van der Waals surface area contributed by atoms with E-state index in [9.17, 15) is 4.79 Å². The molecule has 0 amide bonds. The highest BCUT2D eigenvalue weighted by Gasteiger charge is 2.43. The van der Waals surface area contributed by atoms with Crippen LogP contribution < -0.4 is 0 Å². The molecule has 2 aliphatic carbocycles. The molecule has 2 heteroatoms. The molecule has 0 aromatic heterocycles. The van der Waals surface area contributed by atoms with E-state index in [1.54, 1.807) is 7.11 Å². The fourth-order valence-electron chi connectivity index (χ4n) is 3.96. The van der Waals surface area contributed by atoms with Crippen LogP contribution in [-0.2, 0) is 9.53 Å². The number of Topliss-reactive ketones (excluding diaryl/α,β-unsaturated/α-hetero) is 1. The molecular weight excluding hydrogens is 284 g/mol. The zero-order valence-corrected chi connectivity index (χ0v) is 14.7. The Hall–Kier alpha value is -1.67. The van der Waals surface area contributed by atoms with Crippen molar-refractivity contribution in [3.63, 3.8) is 0 Å². The van der Waals surface area contributed by atoms with Gasteiger partial charge in [0, 0.05) is 24.5 Å². The number of rotatable bonds is 2. The predicted octanol–water partition coefficient (Wildman–Crippen LogP) is 4.68. The lowest BCUT2D eigenvalue weighted by Crippen LogP contribution is -2.33. The predicted molar refractivity (Wildman–Crippen MR) is 93.3 cm³/mol. The van der Waals surface area contributed by atoms with E-state index in [4.69, 9.17) is 4.74 Å². The number of carbonyl (C=O) groups is 1. The third-order valence-electron chi connectivity index (χ3n) is 5.15. The number of ether oxygens (including phenoxy) is 1. The molecule has 0 saturated carbocycles. The van der Waals surface area contributed by atoms with Crippen LogP contribution in [0.2, 0.25) is 0 Å². The first kappa shape index (κ1) is 16.2. The molecule has 0 bridgehead atoms. The van der Waals surface area contributed by atoms with Gasteiger partial charge in [0.05, 0.1) is 6.10 Å². The summed E-state index contributed by atoms with van der Waals surface area (Å²) in [7, 11) is 1.78. The lowest BCUT2D eigenvalue weighted by molar-refractivity contribution is -0.117. The minimum Gasteiger partial charge on any atom is -0.376 e. The highest BCUT2D eigenvalue weighted by atomic mass is 16.5. The molecule has 0 aliphatic heterocycles. The largest absolute Gasteiger partial charge is 0.376 e. The highest BCUT2D eigenvalue weighted by molar-refractivity contribution is 6.03. The number of hydrogen-bond acceptors (Lipinski definition) is 2. The van der Waals surface area contributed by atoms with Gasteiger partial charge in [-0.3, -0.25) is 4.79 Å². The Bertz CT molecular complexity index is 674. The van der Waals surface area contributed by atoms with Crippen molar-refractivity contribution in [2.45, 2.75) is 46.1 Å². The summed E-state index contributed by atoms with van der Waals surface area (Å²) in [4.78, 5) is 12.6. The third-order valence-corrected chi connectivity index (χ3v) is 5.15. The van der Waals surface area contributed by atoms with E-state index in [-0.39, 0.29) is 29.1 Å². The van der Waals surface area contributed by atoms with Crippen LogP contribution in [0.25, 0.3) is 0 Å². The molecule has 0 N–H and O–H groups in total. The van der Waals surface area contributed by atoms with Crippen molar-refractivity contribution in [1.29, 1.82) is 0 Å². The summed E-state index contributed by atoms with van der Waals surface area (Å²) < 4.78 is 5.96. The Kier molecular flexibility index (Phi) is 4.05. The van der Waals surface area contributed by atoms with Gasteiger partial charge in [0.2, 0.25) is 0 Å². The first-order valence-electron chi connectivity index (χ1n) is 8.41. The van der Waals surface area contributed by atoms with E-state index in [1.165, 1.54) is 16.7 Å². The van der Waals surface area contributed by atoms with Crippen LogP contribution in [-0.4, -0.2) is 19.0 Å². The molecular formula is C21H26O2. The monoisotopic (exact) mass is 310 g/mol. The Balaban J connectivity index is 2.19. The molecule has 2 aliphatic rings. The maximum atomic E-state index is 12.6. The third kappa shape index (κ3) is 2.70. The van der Waals surface area contributed by atoms with Crippen molar-refractivity contribution in [3.05, 3.63) is 58.7 Å². The molecule has 3 rings (SSSR count). The summed E-state index contributed by atoms with van der Waals surface area (Å²) in [5.41, 5.74) is 4.62. The lowest BCUT2D eigenvalue weighted by atomic mass is 9.70. The van der Waals surface area contributed by atoms with Crippen LogP contribution in [0.4, 0.5) is 0 Å². The number of carbonyl (C=O) groups excluding carboxylic acids is 1. The molecule has 1 aromatic rings. The smallest absolute Gasteiger partial charge is 0.165 e. The van der Waals surface area contributed by atoms with Gasteiger partial charge in [-0.2, -0.15) is 0 Å². The minimum absolute atomic E-state index is 0.00532. The standard InChI is InChI=1S/C21H26O2/c1-13-11-15-16(19(13)22)12-17(21(2,3)4)20(23-5)18(15)14-9-7-6-8-10-14/h6-10,12-13,18,20H,11H2,1-5H3. The molecule has 3 atom stereocenters. The summed E-state index contributed by atoms with van der Waals surface area (Å²) in [5.74, 6) is 0.515. The molecule has 0 heterocycles. The van der Waals surface area contributed by atoms with Gasteiger partial charge in [-0.25, -0.2) is 0 Å². The summed E-state index contributed by atoms with van der Waals surface area (Å²) in [5, 5.41) is 0. The second-order valence-corrected chi connectivity index (χ2v) is 7.80. The van der Waals surface area contributed by atoms with Gasteiger partial charge in [-0.15, -0.1) is 0 Å². The minimum atomic E-state index is -0.0294. The Morgan fingerprint density at radius 1 is 1.13 bits per heavy atom. The molecule has 3 unspecified atom stereocenters. The van der Waals surface area contributed by atoms with Crippen LogP contribution in [0.15, 0.2) is 53.1 Å². The van der Waals surface area contributed by atoms with Crippen LogP contribution >= 0.6 is 0 Å². The summed E-state index contributed by atoms with van der Waals surface area (Å²) in [6.07, 6.45) is 2.96. The molecule has 122 valence electrons. The number of ketones is 1. The molecule has 23 heavy (non-hydrogen) atoms. The van der Waals surface area contributed by atoms with Gasteiger partial charge >= 0.3 is 0 Å². The number of benzene rings is 1. The van der Waals surface area contributed by atoms with Crippen molar-refractivity contribution in [2.24, 2.45) is 11.3 Å². The van der Waals surface area contributed by atoms with Gasteiger partial charge in [-0.1, -0.05) is 58.0 Å². The van der Waals surface area contributed by atoms with Gasteiger partial charge in [-0.05, 0) is 34.6 Å². The van der Waals surface area contributed by atoms with Crippen molar-refractivity contribution >= 4 is 5.78 Å². The second kappa shape index (κ2) is 5.76. The van der Waals surface area contributed by atoms with Gasteiger partial charge in [0.1, 0.15) is 0 Å². The Morgan fingerprint density at radius 3 is 2.35 bits per heavy atom. The zero-order chi connectivity index (χ0) is 16.8. The van der Waals surface area contributed by atoms with E-state index in [0.717, 1.165) is 12.0 Å². The fourth-order valence-corrected chi connectivity index (χ4v) is 3.96. The molecule has 0 saturated heterocycles. The maximum absolute atomic E-state index is 12.6. The molecule has 0 radical (unpaired) electrons. The van der Waals surface area contributed by atoms with Gasteiger partial charge in [0.15, 0.2) is 5.78 Å². The Labute approximate surface area is 139 Å². The van der Waals surface area contributed by atoms with Crippen LogP contribution in [0.1, 0.15) is 45.6 Å². The molecule has 1 aromatic carbocycles. The lowest BCUT2D eigenvalue weighted by Gasteiger charge is -2.39. The zero-order valence-electron chi connectivity index (χ0n) is 14.7. The van der Waals surface area contributed by atoms with Crippen molar-refractivity contribution < 1.29 is 9.53 Å². The molecule has 0 spiro atoms. The van der Waals surface area contributed by atoms with Crippen molar-refractivity contribution in [2.75, 3.05) is 7.11 Å². The first-order valence-corrected chi connectivity index (χ1v) is 8.41. The fraction of sp³-hybridized carbons (Fsp3) is 0.476. The van der Waals surface area contributed by atoms with Crippen LogP contribution in [0.5, 0.6) is 0 Å². The van der Waals surface area contributed by atoms with Crippen molar-refractivity contribution in [3.8, 4) is 0 Å². The van der Waals surface area contributed by atoms with Crippen molar-refractivity contribution in [1.82, 2.24) is 0 Å². The topological polar surface area (TPSA) is 26.3 Å². The summed E-state index contributed by atoms with van der Waals surface area (Å²) in [6, 6.07) is 10.5.